The largest absolute Gasteiger partial charge is 0.508 e. The molecule has 34 heavy (non-hydrogen) atoms. The molecular formula is C26H17F3O4S. The van der Waals surface area contributed by atoms with E-state index in [0.717, 1.165) is 23.0 Å². The zero-order valence-corrected chi connectivity index (χ0v) is 18.3. The molecule has 8 heteroatoms. The first-order chi connectivity index (χ1) is 16.1. The molecule has 0 bridgehead atoms. The van der Waals surface area contributed by atoms with Crippen LogP contribution in [0.15, 0.2) is 66.7 Å². The third-order valence-corrected chi connectivity index (χ3v) is 7.24. The molecule has 0 aliphatic heterocycles. The van der Waals surface area contributed by atoms with Gasteiger partial charge in [-0.3, -0.25) is 9.59 Å². The Morgan fingerprint density at radius 1 is 0.971 bits per heavy atom. The van der Waals surface area contributed by atoms with Crippen LogP contribution in [0.1, 0.15) is 38.7 Å². The normalized spacial score (nSPS) is 17.6. The first-order valence-corrected chi connectivity index (χ1v) is 11.3. The zero-order valence-electron chi connectivity index (χ0n) is 17.5. The fourth-order valence-electron chi connectivity index (χ4n) is 4.32. The summed E-state index contributed by atoms with van der Waals surface area (Å²) in [6, 6.07) is 16.4. The number of aromatic hydroxyl groups is 1. The molecule has 1 aliphatic rings. The van der Waals surface area contributed by atoms with Crippen LogP contribution in [0, 0.1) is 5.92 Å². The Morgan fingerprint density at radius 3 is 2.32 bits per heavy atom. The summed E-state index contributed by atoms with van der Waals surface area (Å²) in [5, 5.41) is 19.7. The Bertz CT molecular complexity index is 1440. The number of ketones is 1. The minimum Gasteiger partial charge on any atom is -0.508 e. The summed E-state index contributed by atoms with van der Waals surface area (Å²) in [5.74, 6) is -2.08. The molecule has 5 rings (SSSR count). The monoisotopic (exact) mass is 482 g/mol. The number of phenolic OH excluding ortho intramolecular Hbond substituents is 1. The van der Waals surface area contributed by atoms with Gasteiger partial charge in [-0.15, -0.1) is 11.3 Å². The number of phenols is 1. The minimum atomic E-state index is -4.69. The van der Waals surface area contributed by atoms with Crippen molar-refractivity contribution < 1.29 is 33.0 Å². The molecule has 2 N–H and O–H groups in total. The van der Waals surface area contributed by atoms with Crippen molar-refractivity contribution in [1.29, 1.82) is 0 Å². The third-order valence-electron chi connectivity index (χ3n) is 6.09. The molecule has 1 aliphatic carbocycles. The van der Waals surface area contributed by atoms with Crippen molar-refractivity contribution in [3.8, 4) is 16.9 Å². The third kappa shape index (κ3) is 3.84. The van der Waals surface area contributed by atoms with Gasteiger partial charge in [-0.25, -0.2) is 0 Å². The highest BCUT2D eigenvalue weighted by molar-refractivity contribution is 7.21. The summed E-state index contributed by atoms with van der Waals surface area (Å²) >= 11 is 1.03. The standard InChI is InChI=1S/C26H17F3O4S/c27-26(28,29)20-4-2-1-3-16(20)23(31)24-22(17-10-9-15(30)11-21(17)34-24)14-7-5-13(6-8-14)18-12-19(18)25(32)33/h1-11,18-19,30H,12H2,(H,32,33). The molecule has 2 unspecified atom stereocenters. The molecule has 1 saturated carbocycles. The minimum absolute atomic E-state index is 0.0150. The van der Waals surface area contributed by atoms with E-state index in [1.807, 2.05) is 0 Å². The smallest absolute Gasteiger partial charge is 0.417 e. The van der Waals surface area contributed by atoms with Crippen molar-refractivity contribution in [3.63, 3.8) is 0 Å². The van der Waals surface area contributed by atoms with Crippen LogP contribution in [-0.2, 0) is 11.0 Å². The summed E-state index contributed by atoms with van der Waals surface area (Å²) in [7, 11) is 0. The number of rotatable bonds is 5. The highest BCUT2D eigenvalue weighted by Gasteiger charge is 2.44. The Labute approximate surface area is 195 Å². The Kier molecular flexibility index (Phi) is 5.20. The number of carboxylic acids is 1. The van der Waals surface area contributed by atoms with E-state index in [0.29, 0.717) is 27.6 Å². The van der Waals surface area contributed by atoms with E-state index in [4.69, 9.17) is 0 Å². The molecule has 1 fully saturated rings. The predicted molar refractivity (Wildman–Crippen MR) is 122 cm³/mol. The number of carbonyl (C=O) groups is 2. The SMILES string of the molecule is O=C(c1ccccc1C(F)(F)F)c1sc2cc(O)ccc2c1-c1ccc(C2CC2C(=O)O)cc1. The van der Waals surface area contributed by atoms with Crippen molar-refractivity contribution in [2.75, 3.05) is 0 Å². The van der Waals surface area contributed by atoms with E-state index >= 15 is 0 Å². The lowest BCUT2D eigenvalue weighted by atomic mass is 9.95. The number of hydrogen-bond acceptors (Lipinski definition) is 4. The van der Waals surface area contributed by atoms with E-state index in [-0.39, 0.29) is 16.5 Å². The number of thiophene rings is 1. The number of hydrogen-bond donors (Lipinski definition) is 2. The van der Waals surface area contributed by atoms with Crippen molar-refractivity contribution in [3.05, 3.63) is 88.3 Å². The summed E-state index contributed by atoms with van der Waals surface area (Å²) < 4.78 is 41.4. The van der Waals surface area contributed by atoms with Gasteiger partial charge in [0.05, 0.1) is 16.4 Å². The first kappa shape index (κ1) is 22.2. The summed E-state index contributed by atoms with van der Waals surface area (Å²) in [6.07, 6.45) is -4.12. The lowest BCUT2D eigenvalue weighted by molar-refractivity contribution is -0.139. The van der Waals surface area contributed by atoms with Crippen molar-refractivity contribution >= 4 is 33.2 Å². The summed E-state index contributed by atoms with van der Waals surface area (Å²) in [4.78, 5) is 24.8. The zero-order chi connectivity index (χ0) is 24.2. The van der Waals surface area contributed by atoms with Gasteiger partial charge in [0.1, 0.15) is 5.75 Å². The molecule has 4 nitrogen and oxygen atoms in total. The molecule has 0 saturated heterocycles. The molecule has 0 radical (unpaired) electrons. The molecular weight excluding hydrogens is 465 g/mol. The van der Waals surface area contributed by atoms with E-state index in [9.17, 15) is 33.0 Å². The predicted octanol–water partition coefficient (Wildman–Crippen LogP) is 6.71. The lowest BCUT2D eigenvalue weighted by Crippen LogP contribution is -2.13. The van der Waals surface area contributed by atoms with Gasteiger partial charge in [0.25, 0.3) is 0 Å². The Balaban J connectivity index is 1.64. The molecule has 1 heterocycles. The van der Waals surface area contributed by atoms with Crippen LogP contribution in [0.5, 0.6) is 5.75 Å². The second-order valence-electron chi connectivity index (χ2n) is 8.27. The van der Waals surface area contributed by atoms with Crippen LogP contribution < -0.4 is 0 Å². The van der Waals surface area contributed by atoms with Gasteiger partial charge in [0.15, 0.2) is 0 Å². The molecule has 172 valence electrons. The van der Waals surface area contributed by atoms with E-state index in [1.165, 1.54) is 30.3 Å². The van der Waals surface area contributed by atoms with Gasteiger partial charge in [-0.1, -0.05) is 42.5 Å². The lowest BCUT2D eigenvalue weighted by Gasteiger charge is -2.12. The summed E-state index contributed by atoms with van der Waals surface area (Å²) in [6.45, 7) is 0. The number of fused-ring (bicyclic) bond motifs is 1. The van der Waals surface area contributed by atoms with Gasteiger partial charge in [-0.2, -0.15) is 13.2 Å². The molecule has 1 aromatic heterocycles. The van der Waals surface area contributed by atoms with Gasteiger partial charge >= 0.3 is 12.1 Å². The highest BCUT2D eigenvalue weighted by Crippen LogP contribution is 2.48. The van der Waals surface area contributed by atoms with Gasteiger partial charge in [0.2, 0.25) is 5.78 Å². The quantitative estimate of drug-likeness (QED) is 0.310. The first-order valence-electron chi connectivity index (χ1n) is 10.4. The van der Waals surface area contributed by atoms with Crippen LogP contribution in [0.4, 0.5) is 13.2 Å². The number of alkyl halides is 3. The maximum atomic E-state index is 13.6. The average molecular weight is 482 g/mol. The Morgan fingerprint density at radius 2 is 1.68 bits per heavy atom. The summed E-state index contributed by atoms with van der Waals surface area (Å²) in [5.41, 5.74) is 0.532. The molecule has 0 spiro atoms. The van der Waals surface area contributed by atoms with Gasteiger partial charge in [0, 0.05) is 21.2 Å². The van der Waals surface area contributed by atoms with Gasteiger partial charge < -0.3 is 10.2 Å². The van der Waals surface area contributed by atoms with Crippen LogP contribution >= 0.6 is 11.3 Å². The number of carbonyl (C=O) groups excluding carboxylic acids is 1. The number of aliphatic carboxylic acids is 1. The number of halogens is 3. The fraction of sp³-hybridized carbons (Fsp3) is 0.154. The van der Waals surface area contributed by atoms with Crippen molar-refractivity contribution in [2.24, 2.45) is 5.92 Å². The van der Waals surface area contributed by atoms with Crippen molar-refractivity contribution in [1.82, 2.24) is 0 Å². The van der Waals surface area contributed by atoms with E-state index < -0.39 is 35.0 Å². The second kappa shape index (κ2) is 7.99. The van der Waals surface area contributed by atoms with E-state index in [1.54, 1.807) is 30.3 Å². The van der Waals surface area contributed by atoms with Crippen LogP contribution in [0.3, 0.4) is 0 Å². The van der Waals surface area contributed by atoms with Gasteiger partial charge in [-0.05, 0) is 47.7 Å². The Hall–Kier alpha value is -3.65. The topological polar surface area (TPSA) is 74.6 Å². The molecule has 0 amide bonds. The van der Waals surface area contributed by atoms with Crippen LogP contribution in [-0.4, -0.2) is 22.0 Å². The fourth-order valence-corrected chi connectivity index (χ4v) is 5.53. The molecule has 4 aromatic rings. The second-order valence-corrected chi connectivity index (χ2v) is 9.32. The van der Waals surface area contributed by atoms with Crippen LogP contribution in [0.25, 0.3) is 21.2 Å². The van der Waals surface area contributed by atoms with Crippen LogP contribution in [0.2, 0.25) is 0 Å². The molecule has 2 atom stereocenters. The number of benzene rings is 3. The maximum Gasteiger partial charge on any atom is 0.417 e. The highest BCUT2D eigenvalue weighted by atomic mass is 32.1. The van der Waals surface area contributed by atoms with E-state index in [2.05, 4.69) is 0 Å². The number of carboxylic acid groups (broad SMARTS) is 1. The molecule has 3 aromatic carbocycles. The average Bonchev–Trinajstić information content (AvgIpc) is 3.53. The van der Waals surface area contributed by atoms with Crippen molar-refractivity contribution in [2.45, 2.75) is 18.5 Å². The maximum absolute atomic E-state index is 13.6.